The number of morpholine rings is 1. The fourth-order valence-corrected chi connectivity index (χ4v) is 5.26. The first-order valence-corrected chi connectivity index (χ1v) is 10.7. The van der Waals surface area contributed by atoms with Crippen LogP contribution in [0.3, 0.4) is 0 Å². The minimum absolute atomic E-state index is 0.0236. The molecule has 0 saturated carbocycles. The van der Waals surface area contributed by atoms with E-state index < -0.39 is 0 Å². The van der Waals surface area contributed by atoms with Crippen LogP contribution in [0, 0.1) is 5.92 Å². The van der Waals surface area contributed by atoms with Crippen LogP contribution in [-0.2, 0) is 11.3 Å². The highest BCUT2D eigenvalue weighted by Gasteiger charge is 2.36. The Bertz CT molecular complexity index is 998. The minimum Gasteiger partial charge on any atom is -0.372 e. The molecule has 1 amide bonds. The Balaban J connectivity index is 1.42. The zero-order valence-corrected chi connectivity index (χ0v) is 17.4. The SMILES string of the molecule is C[C@@H]1CN(C(=O)c2ccc3n(c2=O)C[C@H]2C[C@@H]3CN(c3cnccn3)C2)C[C@H](C)O1. The first-order valence-electron chi connectivity index (χ1n) is 10.7. The van der Waals surface area contributed by atoms with Gasteiger partial charge in [0, 0.05) is 56.7 Å². The Morgan fingerprint density at radius 3 is 2.60 bits per heavy atom. The normalized spacial score (nSPS) is 28.2. The number of carbonyl (C=O) groups excluding carboxylic acids is 1. The van der Waals surface area contributed by atoms with Crippen LogP contribution in [0.5, 0.6) is 0 Å². The molecule has 5 rings (SSSR count). The highest BCUT2D eigenvalue weighted by molar-refractivity contribution is 5.94. The summed E-state index contributed by atoms with van der Waals surface area (Å²) in [5.74, 6) is 1.30. The van der Waals surface area contributed by atoms with Crippen LogP contribution in [0.1, 0.15) is 42.2 Å². The molecule has 0 aromatic carbocycles. The molecule has 0 radical (unpaired) electrons. The molecule has 0 unspecified atom stereocenters. The summed E-state index contributed by atoms with van der Waals surface area (Å²) >= 11 is 0. The van der Waals surface area contributed by atoms with E-state index in [9.17, 15) is 9.59 Å². The molecular formula is C22H27N5O3. The number of piperidine rings is 1. The topological polar surface area (TPSA) is 80.6 Å². The number of fused-ring (bicyclic) bond motifs is 4. The molecule has 2 aromatic rings. The quantitative estimate of drug-likeness (QED) is 0.748. The average Bonchev–Trinajstić information content (AvgIpc) is 2.74. The summed E-state index contributed by atoms with van der Waals surface area (Å²) in [7, 11) is 0. The average molecular weight is 409 g/mol. The van der Waals surface area contributed by atoms with E-state index in [4.69, 9.17) is 4.74 Å². The van der Waals surface area contributed by atoms with Gasteiger partial charge in [-0.05, 0) is 38.3 Å². The van der Waals surface area contributed by atoms with Crippen molar-refractivity contribution in [3.05, 3.63) is 52.3 Å². The number of nitrogens with zero attached hydrogens (tertiary/aromatic N) is 5. The molecule has 2 bridgehead atoms. The van der Waals surface area contributed by atoms with Crippen molar-refractivity contribution in [2.24, 2.45) is 5.92 Å². The van der Waals surface area contributed by atoms with Gasteiger partial charge in [0.1, 0.15) is 11.4 Å². The molecule has 8 nitrogen and oxygen atoms in total. The number of hydrogen-bond donors (Lipinski definition) is 0. The van der Waals surface area contributed by atoms with Gasteiger partial charge < -0.3 is 19.1 Å². The van der Waals surface area contributed by atoms with E-state index in [0.717, 1.165) is 31.0 Å². The van der Waals surface area contributed by atoms with Crippen molar-refractivity contribution in [2.75, 3.05) is 31.1 Å². The van der Waals surface area contributed by atoms with Gasteiger partial charge in [-0.15, -0.1) is 0 Å². The van der Waals surface area contributed by atoms with Crippen molar-refractivity contribution in [3.8, 4) is 0 Å². The third-order valence-electron chi connectivity index (χ3n) is 6.42. The van der Waals surface area contributed by atoms with E-state index in [2.05, 4.69) is 14.9 Å². The zero-order valence-electron chi connectivity index (χ0n) is 17.4. The van der Waals surface area contributed by atoms with Crippen LogP contribution in [0.4, 0.5) is 5.82 Å². The number of hydrogen-bond acceptors (Lipinski definition) is 6. The number of rotatable bonds is 2. The third kappa shape index (κ3) is 3.39. The lowest BCUT2D eigenvalue weighted by molar-refractivity contribution is -0.0586. The van der Waals surface area contributed by atoms with Gasteiger partial charge in [0.05, 0.1) is 18.4 Å². The summed E-state index contributed by atoms with van der Waals surface area (Å²) in [4.78, 5) is 39.0. The summed E-state index contributed by atoms with van der Waals surface area (Å²) in [6.45, 7) is 7.24. The first kappa shape index (κ1) is 19.2. The largest absolute Gasteiger partial charge is 0.372 e. The van der Waals surface area contributed by atoms with E-state index in [1.807, 2.05) is 24.5 Å². The van der Waals surface area contributed by atoms with Crippen molar-refractivity contribution >= 4 is 11.7 Å². The Kier molecular flexibility index (Phi) is 4.81. The lowest BCUT2D eigenvalue weighted by atomic mass is 9.83. The fourth-order valence-electron chi connectivity index (χ4n) is 5.26. The maximum Gasteiger partial charge on any atom is 0.263 e. The van der Waals surface area contributed by atoms with Gasteiger partial charge in [-0.1, -0.05) is 0 Å². The molecule has 0 aliphatic carbocycles. The molecule has 3 aliphatic heterocycles. The molecule has 158 valence electrons. The summed E-state index contributed by atoms with van der Waals surface area (Å²) in [5, 5.41) is 0. The van der Waals surface area contributed by atoms with Gasteiger partial charge in [-0.3, -0.25) is 14.6 Å². The first-order chi connectivity index (χ1) is 14.5. The second-order valence-corrected chi connectivity index (χ2v) is 8.82. The van der Waals surface area contributed by atoms with Gasteiger partial charge in [0.25, 0.3) is 11.5 Å². The highest BCUT2D eigenvalue weighted by atomic mass is 16.5. The van der Waals surface area contributed by atoms with Crippen LogP contribution in [0.2, 0.25) is 0 Å². The van der Waals surface area contributed by atoms with Gasteiger partial charge >= 0.3 is 0 Å². The molecule has 2 saturated heterocycles. The molecule has 4 atom stereocenters. The minimum atomic E-state index is -0.186. The highest BCUT2D eigenvalue weighted by Crippen LogP contribution is 2.36. The number of ether oxygens (including phenoxy) is 1. The lowest BCUT2D eigenvalue weighted by Crippen LogP contribution is -2.51. The van der Waals surface area contributed by atoms with Crippen LogP contribution < -0.4 is 10.5 Å². The summed E-state index contributed by atoms with van der Waals surface area (Å²) in [6, 6.07) is 3.70. The predicted molar refractivity (Wildman–Crippen MR) is 112 cm³/mol. The van der Waals surface area contributed by atoms with Gasteiger partial charge in [0.2, 0.25) is 0 Å². The summed E-state index contributed by atoms with van der Waals surface area (Å²) in [5.41, 5.74) is 1.13. The van der Waals surface area contributed by atoms with Crippen molar-refractivity contribution < 1.29 is 9.53 Å². The number of aromatic nitrogens is 3. The van der Waals surface area contributed by atoms with E-state index in [-0.39, 0.29) is 35.2 Å². The zero-order chi connectivity index (χ0) is 20.8. The molecule has 2 fully saturated rings. The number of amides is 1. The number of carbonyl (C=O) groups is 1. The van der Waals surface area contributed by atoms with Gasteiger partial charge in [0.15, 0.2) is 0 Å². The molecular weight excluding hydrogens is 382 g/mol. The van der Waals surface area contributed by atoms with Crippen LogP contribution in [-0.4, -0.2) is 63.7 Å². The van der Waals surface area contributed by atoms with E-state index in [1.54, 1.807) is 29.6 Å². The van der Waals surface area contributed by atoms with Crippen molar-refractivity contribution in [2.45, 2.75) is 44.9 Å². The molecule has 30 heavy (non-hydrogen) atoms. The molecule has 0 N–H and O–H groups in total. The van der Waals surface area contributed by atoms with Gasteiger partial charge in [-0.25, -0.2) is 4.98 Å². The molecule has 0 spiro atoms. The monoisotopic (exact) mass is 409 g/mol. The maximum atomic E-state index is 13.3. The van der Waals surface area contributed by atoms with E-state index in [0.29, 0.717) is 25.6 Å². The molecule has 8 heteroatoms. The van der Waals surface area contributed by atoms with Crippen LogP contribution in [0.25, 0.3) is 0 Å². The smallest absolute Gasteiger partial charge is 0.263 e. The van der Waals surface area contributed by atoms with Crippen LogP contribution >= 0.6 is 0 Å². The Morgan fingerprint density at radius 1 is 1.07 bits per heavy atom. The second kappa shape index (κ2) is 7.50. The summed E-state index contributed by atoms with van der Waals surface area (Å²) in [6.07, 6.45) is 6.19. The second-order valence-electron chi connectivity index (χ2n) is 8.82. The Labute approximate surface area is 175 Å². The lowest BCUT2D eigenvalue weighted by Gasteiger charge is -2.43. The van der Waals surface area contributed by atoms with Crippen molar-refractivity contribution in [1.82, 2.24) is 19.4 Å². The maximum absolute atomic E-state index is 13.3. The summed E-state index contributed by atoms with van der Waals surface area (Å²) < 4.78 is 7.57. The molecule has 2 aromatic heterocycles. The molecule has 3 aliphatic rings. The van der Waals surface area contributed by atoms with Crippen molar-refractivity contribution in [3.63, 3.8) is 0 Å². The predicted octanol–water partition coefficient (Wildman–Crippen LogP) is 1.51. The van der Waals surface area contributed by atoms with Crippen molar-refractivity contribution in [1.29, 1.82) is 0 Å². The van der Waals surface area contributed by atoms with Crippen LogP contribution in [0.15, 0.2) is 35.5 Å². The Morgan fingerprint density at radius 2 is 1.87 bits per heavy atom. The Hall–Kier alpha value is -2.74. The van der Waals surface area contributed by atoms with Gasteiger partial charge in [-0.2, -0.15) is 0 Å². The molecule has 5 heterocycles. The van der Waals surface area contributed by atoms with E-state index in [1.165, 1.54) is 0 Å². The standard InChI is InChI=1S/C22H27N5O3/c1-14-9-26(10-15(2)30-14)21(28)18-3-4-19-17-7-16(12-27(19)22(18)29)11-25(13-17)20-8-23-5-6-24-20/h3-6,8,14-17H,7,9-13H2,1-2H3/t14-,15+,16-,17+/m0/s1. The number of pyridine rings is 1. The third-order valence-corrected chi connectivity index (χ3v) is 6.42. The number of anilines is 1. The van der Waals surface area contributed by atoms with E-state index >= 15 is 0 Å². The fraction of sp³-hybridized carbons (Fsp3) is 0.545.